The zero-order valence-electron chi connectivity index (χ0n) is 16.2. The fourth-order valence-electron chi connectivity index (χ4n) is 3.98. The minimum atomic E-state index is -0.0514. The molecule has 6 heteroatoms. The molecule has 1 aliphatic rings. The largest absolute Gasteiger partial charge is 0.374 e. The Morgan fingerprint density at radius 3 is 2.85 bits per heavy atom. The van der Waals surface area contributed by atoms with Gasteiger partial charge in [-0.1, -0.05) is 12.1 Å². The average Bonchev–Trinajstić information content (AvgIpc) is 3.21. The third-order valence-electron chi connectivity index (χ3n) is 5.42. The van der Waals surface area contributed by atoms with Gasteiger partial charge in [-0.05, 0) is 49.9 Å². The number of benzene rings is 1. The van der Waals surface area contributed by atoms with Gasteiger partial charge >= 0.3 is 0 Å². The van der Waals surface area contributed by atoms with Gasteiger partial charge in [0.25, 0.3) is 5.91 Å². The van der Waals surface area contributed by atoms with Crippen LogP contribution in [0, 0.1) is 20.8 Å². The van der Waals surface area contributed by atoms with E-state index in [1.807, 2.05) is 28.8 Å². The number of amides is 1. The molecule has 1 aliphatic heterocycles. The Hall–Kier alpha value is -2.60. The Balaban J connectivity index is 1.61. The van der Waals surface area contributed by atoms with Gasteiger partial charge in [0.05, 0.1) is 12.6 Å². The summed E-state index contributed by atoms with van der Waals surface area (Å²) in [4.78, 5) is 18.7. The molecule has 0 spiro atoms. The standard InChI is InChI=1S/C21H26N4O2/c1-14-6-7-15(2)19-18(14)16(3)20(23-19)21(26)24-9-5-11-27-17(12-24)13-25-10-4-8-22-25/h4,6-8,10,17,23H,5,9,11-13H2,1-3H3/t17-/m1/s1. The first-order chi connectivity index (χ1) is 13.0. The van der Waals surface area contributed by atoms with E-state index in [4.69, 9.17) is 4.74 Å². The SMILES string of the molecule is Cc1ccc(C)c2c(C)c(C(=O)N3CCCO[C@@H](Cn4cccn4)C3)[nH]c12. The zero-order chi connectivity index (χ0) is 19.0. The molecule has 1 atom stereocenters. The molecule has 0 radical (unpaired) electrons. The van der Waals surface area contributed by atoms with Gasteiger partial charge in [-0.3, -0.25) is 9.48 Å². The summed E-state index contributed by atoms with van der Waals surface area (Å²) < 4.78 is 7.82. The maximum absolute atomic E-state index is 13.3. The minimum Gasteiger partial charge on any atom is -0.374 e. The number of hydrogen-bond donors (Lipinski definition) is 1. The number of nitrogens with zero attached hydrogens (tertiary/aromatic N) is 3. The van der Waals surface area contributed by atoms with Gasteiger partial charge in [-0.15, -0.1) is 0 Å². The van der Waals surface area contributed by atoms with E-state index in [9.17, 15) is 4.79 Å². The van der Waals surface area contributed by atoms with E-state index >= 15 is 0 Å². The van der Waals surface area contributed by atoms with E-state index in [1.165, 1.54) is 5.56 Å². The smallest absolute Gasteiger partial charge is 0.270 e. The molecule has 3 heterocycles. The summed E-state index contributed by atoms with van der Waals surface area (Å²) in [5, 5.41) is 5.42. The van der Waals surface area contributed by atoms with Gasteiger partial charge in [0.15, 0.2) is 0 Å². The van der Waals surface area contributed by atoms with Crippen LogP contribution in [0.2, 0.25) is 0 Å². The van der Waals surface area contributed by atoms with E-state index in [0.29, 0.717) is 31.9 Å². The van der Waals surface area contributed by atoms with Gasteiger partial charge in [-0.25, -0.2) is 0 Å². The normalized spacial score (nSPS) is 18.0. The molecule has 0 unspecified atom stereocenters. The van der Waals surface area contributed by atoms with Gasteiger partial charge in [0.1, 0.15) is 5.69 Å². The van der Waals surface area contributed by atoms with Crippen molar-refractivity contribution in [1.82, 2.24) is 19.7 Å². The van der Waals surface area contributed by atoms with Crippen LogP contribution >= 0.6 is 0 Å². The molecule has 2 aromatic heterocycles. The van der Waals surface area contributed by atoms with E-state index < -0.39 is 0 Å². The molecule has 1 aromatic carbocycles. The van der Waals surface area contributed by atoms with Gasteiger partial charge in [0, 0.05) is 43.0 Å². The lowest BCUT2D eigenvalue weighted by Crippen LogP contribution is -2.39. The van der Waals surface area contributed by atoms with Crippen molar-refractivity contribution >= 4 is 16.8 Å². The molecule has 0 saturated carbocycles. The van der Waals surface area contributed by atoms with E-state index in [1.54, 1.807) is 6.20 Å². The maximum Gasteiger partial charge on any atom is 0.270 e. The average molecular weight is 366 g/mol. The maximum atomic E-state index is 13.3. The van der Waals surface area contributed by atoms with E-state index in [2.05, 4.69) is 36.1 Å². The van der Waals surface area contributed by atoms with E-state index in [0.717, 1.165) is 28.5 Å². The lowest BCUT2D eigenvalue weighted by Gasteiger charge is -2.24. The number of H-pyrrole nitrogens is 1. The second-order valence-corrected chi connectivity index (χ2v) is 7.40. The van der Waals surface area contributed by atoms with Crippen LogP contribution in [0.15, 0.2) is 30.6 Å². The van der Waals surface area contributed by atoms with Crippen LogP contribution in [0.1, 0.15) is 33.6 Å². The van der Waals surface area contributed by atoms with Crippen LogP contribution in [0.25, 0.3) is 10.9 Å². The van der Waals surface area contributed by atoms with Crippen LogP contribution in [0.3, 0.4) is 0 Å². The summed E-state index contributed by atoms with van der Waals surface area (Å²) in [5.41, 5.74) is 5.15. The Morgan fingerprint density at radius 1 is 1.30 bits per heavy atom. The second-order valence-electron chi connectivity index (χ2n) is 7.40. The predicted octanol–water partition coefficient (Wildman–Crippen LogP) is 3.22. The number of carbonyl (C=O) groups is 1. The van der Waals surface area contributed by atoms with Crippen molar-refractivity contribution in [3.05, 3.63) is 53.0 Å². The lowest BCUT2D eigenvalue weighted by molar-refractivity contribution is 0.0365. The first kappa shape index (κ1) is 17.8. The molecule has 1 N–H and O–H groups in total. The van der Waals surface area contributed by atoms with Crippen molar-refractivity contribution in [2.75, 3.05) is 19.7 Å². The molecule has 6 nitrogen and oxygen atoms in total. The number of rotatable bonds is 3. The molecular formula is C21H26N4O2. The number of nitrogens with one attached hydrogen (secondary N) is 1. The van der Waals surface area contributed by atoms with Crippen LogP contribution in [-0.4, -0.2) is 51.4 Å². The highest BCUT2D eigenvalue weighted by molar-refractivity contribution is 6.02. The third kappa shape index (κ3) is 3.37. The molecule has 1 saturated heterocycles. The number of fused-ring (bicyclic) bond motifs is 1. The van der Waals surface area contributed by atoms with Crippen molar-refractivity contribution in [3.8, 4) is 0 Å². The van der Waals surface area contributed by atoms with Crippen molar-refractivity contribution in [2.45, 2.75) is 39.8 Å². The van der Waals surface area contributed by atoms with Crippen LogP contribution < -0.4 is 0 Å². The van der Waals surface area contributed by atoms with E-state index in [-0.39, 0.29) is 12.0 Å². The summed E-state index contributed by atoms with van der Waals surface area (Å²) in [6.07, 6.45) is 4.48. The Labute approximate surface area is 159 Å². The summed E-state index contributed by atoms with van der Waals surface area (Å²) >= 11 is 0. The fraction of sp³-hybridized carbons (Fsp3) is 0.429. The molecule has 4 rings (SSSR count). The Bertz CT molecular complexity index is 958. The number of hydrogen-bond acceptors (Lipinski definition) is 3. The molecule has 27 heavy (non-hydrogen) atoms. The first-order valence-corrected chi connectivity index (χ1v) is 9.51. The highest BCUT2D eigenvalue weighted by Crippen LogP contribution is 2.28. The van der Waals surface area contributed by atoms with Gasteiger partial charge in [0.2, 0.25) is 0 Å². The summed E-state index contributed by atoms with van der Waals surface area (Å²) in [6.45, 7) is 8.81. The number of aryl methyl sites for hydroxylation is 3. The monoisotopic (exact) mass is 366 g/mol. The number of aromatic nitrogens is 3. The molecule has 0 aliphatic carbocycles. The second kappa shape index (κ2) is 7.19. The number of ether oxygens (including phenoxy) is 1. The Morgan fingerprint density at radius 2 is 2.11 bits per heavy atom. The third-order valence-corrected chi connectivity index (χ3v) is 5.42. The zero-order valence-corrected chi connectivity index (χ0v) is 16.2. The van der Waals surface area contributed by atoms with Crippen molar-refractivity contribution in [3.63, 3.8) is 0 Å². The van der Waals surface area contributed by atoms with Gasteiger partial charge < -0.3 is 14.6 Å². The molecule has 1 fully saturated rings. The summed E-state index contributed by atoms with van der Waals surface area (Å²) in [5.74, 6) is 0.0541. The molecule has 142 valence electrons. The minimum absolute atomic E-state index is 0.0514. The fourth-order valence-corrected chi connectivity index (χ4v) is 3.98. The molecular weight excluding hydrogens is 340 g/mol. The number of aromatic amines is 1. The van der Waals surface area contributed by atoms with Crippen molar-refractivity contribution < 1.29 is 9.53 Å². The molecule has 3 aromatic rings. The highest BCUT2D eigenvalue weighted by Gasteiger charge is 2.27. The van der Waals surface area contributed by atoms with Crippen molar-refractivity contribution in [2.24, 2.45) is 0 Å². The predicted molar refractivity (Wildman–Crippen MR) is 105 cm³/mol. The Kier molecular flexibility index (Phi) is 4.74. The highest BCUT2D eigenvalue weighted by atomic mass is 16.5. The lowest BCUT2D eigenvalue weighted by atomic mass is 10.0. The first-order valence-electron chi connectivity index (χ1n) is 9.51. The van der Waals surface area contributed by atoms with Crippen LogP contribution in [0.5, 0.6) is 0 Å². The molecule has 1 amide bonds. The number of carbonyl (C=O) groups excluding carboxylic acids is 1. The van der Waals surface area contributed by atoms with Crippen LogP contribution in [-0.2, 0) is 11.3 Å². The quantitative estimate of drug-likeness (QED) is 0.774. The topological polar surface area (TPSA) is 63.1 Å². The van der Waals surface area contributed by atoms with Gasteiger partial charge in [-0.2, -0.15) is 5.10 Å². The van der Waals surface area contributed by atoms with Crippen molar-refractivity contribution in [1.29, 1.82) is 0 Å². The molecule has 0 bridgehead atoms. The summed E-state index contributed by atoms with van der Waals surface area (Å²) in [6, 6.07) is 6.12. The van der Waals surface area contributed by atoms with Crippen LogP contribution in [0.4, 0.5) is 0 Å². The summed E-state index contributed by atoms with van der Waals surface area (Å²) in [7, 11) is 0.